The van der Waals surface area contributed by atoms with Crippen LogP contribution in [0.25, 0.3) is 0 Å². The van der Waals surface area contributed by atoms with Gasteiger partial charge in [-0.15, -0.1) is 0 Å². The van der Waals surface area contributed by atoms with Gasteiger partial charge in [-0.1, -0.05) is 26.0 Å². The van der Waals surface area contributed by atoms with Crippen molar-refractivity contribution in [1.82, 2.24) is 10.2 Å². The van der Waals surface area contributed by atoms with Gasteiger partial charge in [0.2, 0.25) is 11.8 Å². The molecule has 1 aromatic carbocycles. The summed E-state index contributed by atoms with van der Waals surface area (Å²) in [4.78, 5) is 25.2. The van der Waals surface area contributed by atoms with E-state index in [1.54, 1.807) is 17.0 Å². The van der Waals surface area contributed by atoms with Crippen LogP contribution < -0.4 is 5.32 Å². The Kier molecular flexibility index (Phi) is 4.84. The Morgan fingerprint density at radius 3 is 2.50 bits per heavy atom. The molecule has 0 radical (unpaired) electrons. The lowest BCUT2D eigenvalue weighted by Crippen LogP contribution is -2.40. The van der Waals surface area contributed by atoms with E-state index in [9.17, 15) is 14.0 Å². The van der Waals surface area contributed by atoms with Crippen molar-refractivity contribution in [3.05, 3.63) is 35.6 Å². The van der Waals surface area contributed by atoms with Gasteiger partial charge in [0, 0.05) is 32.0 Å². The summed E-state index contributed by atoms with van der Waals surface area (Å²) in [7, 11) is 0. The summed E-state index contributed by atoms with van der Waals surface area (Å²) in [6.07, 6.45) is 0.711. The first kappa shape index (κ1) is 16.5. The van der Waals surface area contributed by atoms with Crippen LogP contribution in [0.5, 0.6) is 0 Å². The molecule has 120 valence electrons. The molecule has 2 amide bonds. The molecule has 1 aromatic rings. The van der Waals surface area contributed by atoms with Gasteiger partial charge in [0.15, 0.2) is 0 Å². The smallest absolute Gasteiger partial charge is 0.224 e. The van der Waals surface area contributed by atoms with E-state index in [0.29, 0.717) is 26.1 Å². The average Bonchev–Trinajstić information content (AvgIpc) is 2.95. The molecule has 0 aliphatic carbocycles. The quantitative estimate of drug-likeness (QED) is 0.926. The summed E-state index contributed by atoms with van der Waals surface area (Å²) in [5.41, 5.74) is 0.702. The van der Waals surface area contributed by atoms with Gasteiger partial charge < -0.3 is 10.2 Å². The summed E-state index contributed by atoms with van der Waals surface area (Å²) in [6, 6.07) is 6.35. The third kappa shape index (κ3) is 3.84. The number of rotatable bonds is 4. The fourth-order valence-electron chi connectivity index (χ4n) is 2.72. The van der Waals surface area contributed by atoms with E-state index in [0.717, 1.165) is 5.56 Å². The topological polar surface area (TPSA) is 49.4 Å². The lowest BCUT2D eigenvalue weighted by atomic mass is 9.84. The minimum absolute atomic E-state index is 0.0149. The largest absolute Gasteiger partial charge is 0.355 e. The number of hydrogen-bond acceptors (Lipinski definition) is 2. The Balaban J connectivity index is 1.90. The highest BCUT2D eigenvalue weighted by atomic mass is 19.1. The highest BCUT2D eigenvalue weighted by molar-refractivity contribution is 5.81. The van der Waals surface area contributed by atoms with Crippen LogP contribution in [0.4, 0.5) is 4.39 Å². The van der Waals surface area contributed by atoms with E-state index in [2.05, 4.69) is 5.32 Å². The molecule has 1 saturated heterocycles. The number of nitrogens with one attached hydrogen (secondary N) is 1. The van der Waals surface area contributed by atoms with Gasteiger partial charge in [0.25, 0.3) is 0 Å². The monoisotopic (exact) mass is 306 g/mol. The summed E-state index contributed by atoms with van der Waals surface area (Å²) in [5.74, 6) is -0.396. The first-order valence-corrected chi connectivity index (χ1v) is 7.59. The van der Waals surface area contributed by atoms with Gasteiger partial charge >= 0.3 is 0 Å². The summed E-state index contributed by atoms with van der Waals surface area (Å²) >= 11 is 0. The zero-order valence-corrected chi connectivity index (χ0v) is 13.4. The van der Waals surface area contributed by atoms with Gasteiger partial charge in [0.1, 0.15) is 5.82 Å². The number of amides is 2. The number of hydrogen-bond donors (Lipinski definition) is 1. The molecule has 1 aliphatic heterocycles. The second-order valence-corrected chi connectivity index (χ2v) is 6.56. The van der Waals surface area contributed by atoms with Crippen LogP contribution in [0.15, 0.2) is 24.3 Å². The van der Waals surface area contributed by atoms with E-state index in [1.165, 1.54) is 19.1 Å². The molecule has 4 nitrogen and oxygen atoms in total. The zero-order chi connectivity index (χ0) is 16.3. The molecule has 1 N–H and O–H groups in total. The maximum atomic E-state index is 13.0. The number of likely N-dealkylation sites (tertiary alicyclic amines) is 1. The normalized spacial score (nSPS) is 18.4. The van der Waals surface area contributed by atoms with E-state index < -0.39 is 0 Å². The molecule has 1 atom stereocenters. The molecule has 0 saturated carbocycles. The third-order valence-corrected chi connectivity index (χ3v) is 4.33. The van der Waals surface area contributed by atoms with Gasteiger partial charge in [-0.05, 0) is 24.1 Å². The molecule has 5 heteroatoms. The fourth-order valence-corrected chi connectivity index (χ4v) is 2.72. The molecule has 0 bridgehead atoms. The van der Waals surface area contributed by atoms with Crippen molar-refractivity contribution >= 4 is 11.8 Å². The molecule has 1 fully saturated rings. The number of carbonyl (C=O) groups is 2. The fraction of sp³-hybridized carbons (Fsp3) is 0.529. The summed E-state index contributed by atoms with van der Waals surface area (Å²) < 4.78 is 13.0. The first-order valence-electron chi connectivity index (χ1n) is 7.59. The van der Waals surface area contributed by atoms with Gasteiger partial charge in [0.05, 0.1) is 5.92 Å². The van der Waals surface area contributed by atoms with E-state index in [-0.39, 0.29) is 29.0 Å². The maximum Gasteiger partial charge on any atom is 0.224 e. The Morgan fingerprint density at radius 1 is 1.32 bits per heavy atom. The lowest BCUT2D eigenvalue weighted by Gasteiger charge is -2.26. The second kappa shape index (κ2) is 6.46. The molecule has 1 heterocycles. The van der Waals surface area contributed by atoms with Crippen LogP contribution in [-0.4, -0.2) is 36.3 Å². The molecule has 1 aliphatic rings. The Hall–Kier alpha value is -1.91. The van der Waals surface area contributed by atoms with Crippen LogP contribution >= 0.6 is 0 Å². The van der Waals surface area contributed by atoms with E-state index >= 15 is 0 Å². The van der Waals surface area contributed by atoms with Gasteiger partial charge in [-0.2, -0.15) is 0 Å². The average molecular weight is 306 g/mol. The number of halogens is 1. The number of carbonyl (C=O) groups excluding carboxylic acids is 2. The maximum absolute atomic E-state index is 13.0. The highest BCUT2D eigenvalue weighted by Crippen LogP contribution is 2.23. The zero-order valence-electron chi connectivity index (χ0n) is 13.4. The van der Waals surface area contributed by atoms with Crippen LogP contribution in [0.2, 0.25) is 0 Å². The minimum Gasteiger partial charge on any atom is -0.355 e. The highest BCUT2D eigenvalue weighted by Gasteiger charge is 2.30. The number of benzene rings is 1. The van der Waals surface area contributed by atoms with Crippen molar-refractivity contribution in [2.75, 3.05) is 19.6 Å². The molecule has 0 spiro atoms. The van der Waals surface area contributed by atoms with Crippen molar-refractivity contribution in [2.45, 2.75) is 32.6 Å². The first-order chi connectivity index (χ1) is 10.3. The minimum atomic E-state index is -0.276. The summed E-state index contributed by atoms with van der Waals surface area (Å²) in [5, 5.41) is 2.97. The second-order valence-electron chi connectivity index (χ2n) is 6.56. The number of nitrogens with zero attached hydrogens (tertiary/aromatic N) is 1. The molecular formula is C17H23FN2O2. The van der Waals surface area contributed by atoms with Crippen molar-refractivity contribution < 1.29 is 14.0 Å². The van der Waals surface area contributed by atoms with Crippen LogP contribution in [0.3, 0.4) is 0 Å². The predicted molar refractivity (Wildman–Crippen MR) is 82.8 cm³/mol. The predicted octanol–water partition coefficient (Wildman–Crippen LogP) is 2.09. The van der Waals surface area contributed by atoms with Crippen molar-refractivity contribution in [3.63, 3.8) is 0 Å². The van der Waals surface area contributed by atoms with Crippen LogP contribution in [0.1, 0.15) is 32.8 Å². The molecular weight excluding hydrogens is 283 g/mol. The van der Waals surface area contributed by atoms with Crippen molar-refractivity contribution in [1.29, 1.82) is 0 Å². The lowest BCUT2D eigenvalue weighted by molar-refractivity contribution is -0.128. The third-order valence-electron chi connectivity index (χ3n) is 4.33. The van der Waals surface area contributed by atoms with E-state index in [4.69, 9.17) is 0 Å². The Bertz CT molecular complexity index is 554. The molecule has 0 unspecified atom stereocenters. The van der Waals surface area contributed by atoms with Gasteiger partial charge in [-0.25, -0.2) is 4.39 Å². The molecule has 0 aromatic heterocycles. The van der Waals surface area contributed by atoms with Crippen molar-refractivity contribution in [3.8, 4) is 0 Å². The standard InChI is InChI=1S/C17H23FN2O2/c1-12(21)20-9-8-13(10-20)16(22)19-11-17(2,3)14-4-6-15(18)7-5-14/h4-7,13H,8-11H2,1-3H3,(H,19,22)/t13-/m1/s1. The van der Waals surface area contributed by atoms with E-state index in [1.807, 2.05) is 13.8 Å². The Morgan fingerprint density at radius 2 is 1.95 bits per heavy atom. The Labute approximate surface area is 130 Å². The molecule has 2 rings (SSSR count). The molecule has 22 heavy (non-hydrogen) atoms. The SMILES string of the molecule is CC(=O)N1CC[C@@H](C(=O)NCC(C)(C)c2ccc(F)cc2)C1. The van der Waals surface area contributed by atoms with Crippen LogP contribution in [0, 0.1) is 11.7 Å². The van der Waals surface area contributed by atoms with Gasteiger partial charge in [-0.3, -0.25) is 9.59 Å². The van der Waals surface area contributed by atoms with Crippen molar-refractivity contribution in [2.24, 2.45) is 5.92 Å². The van der Waals surface area contributed by atoms with Crippen LogP contribution in [-0.2, 0) is 15.0 Å². The summed E-state index contributed by atoms with van der Waals surface area (Å²) in [6.45, 7) is 7.17.